The zero-order valence-electron chi connectivity index (χ0n) is 7.82. The Morgan fingerprint density at radius 1 is 1.29 bits per heavy atom. The summed E-state index contributed by atoms with van der Waals surface area (Å²) in [6.07, 6.45) is 0. The van der Waals surface area contributed by atoms with Crippen molar-refractivity contribution >= 4 is 16.8 Å². The fourth-order valence-electron chi connectivity index (χ4n) is 1.02. The van der Waals surface area contributed by atoms with Gasteiger partial charge in [0.1, 0.15) is 0 Å². The highest BCUT2D eigenvalue weighted by Crippen LogP contribution is 2.28. The van der Waals surface area contributed by atoms with Gasteiger partial charge in [-0.3, -0.25) is 0 Å². The molecule has 0 amide bonds. The molecule has 1 aromatic carbocycles. The summed E-state index contributed by atoms with van der Waals surface area (Å²) < 4.78 is 10.1. The van der Waals surface area contributed by atoms with Crippen molar-refractivity contribution in [1.29, 1.82) is 0 Å². The maximum Gasteiger partial charge on any atom is 0.175 e. The summed E-state index contributed by atoms with van der Waals surface area (Å²) in [5.74, 6) is 1.13. The lowest BCUT2D eigenvalue weighted by atomic mass is 10.2. The fourth-order valence-corrected chi connectivity index (χ4v) is 1.14. The Balaban J connectivity index is 3.14. The highest BCUT2D eigenvalue weighted by atomic mass is 35.5. The number of oxime groups is 1. The van der Waals surface area contributed by atoms with Gasteiger partial charge in [-0.15, -0.1) is 0 Å². The van der Waals surface area contributed by atoms with Gasteiger partial charge in [-0.2, -0.15) is 0 Å². The number of hydrogen-bond acceptors (Lipinski definition) is 4. The van der Waals surface area contributed by atoms with Gasteiger partial charge in [-0.25, -0.2) is 0 Å². The van der Waals surface area contributed by atoms with Crippen molar-refractivity contribution in [2.75, 3.05) is 14.2 Å². The summed E-state index contributed by atoms with van der Waals surface area (Å²) in [7, 11) is 3.06. The fraction of sp³-hybridized carbons (Fsp3) is 0.222. The quantitative estimate of drug-likeness (QED) is 0.477. The van der Waals surface area contributed by atoms with Crippen molar-refractivity contribution in [2.24, 2.45) is 5.16 Å². The highest BCUT2D eigenvalue weighted by molar-refractivity contribution is 6.69. The summed E-state index contributed by atoms with van der Waals surface area (Å²) in [6, 6.07) is 4.98. The molecule has 5 heteroatoms. The third-order valence-electron chi connectivity index (χ3n) is 1.71. The first kappa shape index (κ1) is 10.7. The van der Waals surface area contributed by atoms with Crippen molar-refractivity contribution in [3.63, 3.8) is 0 Å². The van der Waals surface area contributed by atoms with Crippen LogP contribution in [0.1, 0.15) is 5.56 Å². The molecular weight excluding hydrogens is 206 g/mol. The molecule has 0 atom stereocenters. The van der Waals surface area contributed by atoms with Gasteiger partial charge in [0, 0.05) is 5.56 Å². The van der Waals surface area contributed by atoms with Crippen LogP contribution in [0.15, 0.2) is 23.4 Å². The SMILES string of the molecule is COc1ccc(/C(Cl)=N/O)cc1OC. The van der Waals surface area contributed by atoms with E-state index < -0.39 is 0 Å². The molecule has 4 nitrogen and oxygen atoms in total. The second-order valence-corrected chi connectivity index (χ2v) is 2.82. The van der Waals surface area contributed by atoms with Crippen LogP contribution in [0, 0.1) is 0 Å². The number of halogens is 1. The number of rotatable bonds is 3. The number of benzene rings is 1. The summed E-state index contributed by atoms with van der Waals surface area (Å²) in [5.41, 5.74) is 0.562. The molecule has 0 aliphatic heterocycles. The van der Waals surface area contributed by atoms with E-state index in [-0.39, 0.29) is 5.17 Å². The Kier molecular flexibility index (Phi) is 3.59. The molecule has 76 valence electrons. The highest BCUT2D eigenvalue weighted by Gasteiger charge is 2.07. The Labute approximate surface area is 86.7 Å². The second kappa shape index (κ2) is 4.72. The van der Waals surface area contributed by atoms with Gasteiger partial charge in [0.25, 0.3) is 0 Å². The Hall–Kier alpha value is -1.42. The Morgan fingerprint density at radius 3 is 2.43 bits per heavy atom. The molecule has 14 heavy (non-hydrogen) atoms. The lowest BCUT2D eigenvalue weighted by Gasteiger charge is -2.07. The van der Waals surface area contributed by atoms with Gasteiger partial charge in [-0.05, 0) is 18.2 Å². The summed E-state index contributed by atoms with van der Waals surface area (Å²) in [6.45, 7) is 0. The van der Waals surface area contributed by atoms with Crippen molar-refractivity contribution in [3.05, 3.63) is 23.8 Å². The zero-order chi connectivity index (χ0) is 10.6. The summed E-state index contributed by atoms with van der Waals surface area (Å²) in [4.78, 5) is 0. The third kappa shape index (κ3) is 2.09. The molecule has 0 aromatic heterocycles. The topological polar surface area (TPSA) is 51.0 Å². The molecule has 1 N–H and O–H groups in total. The maximum absolute atomic E-state index is 8.46. The van der Waals surface area contributed by atoms with Crippen LogP contribution in [0.4, 0.5) is 0 Å². The standard InChI is InChI=1S/C9H10ClNO3/c1-13-7-4-3-6(9(10)11-12)5-8(7)14-2/h3-5,12H,1-2H3/b11-9-. The van der Waals surface area contributed by atoms with Crippen LogP contribution in [-0.2, 0) is 0 Å². The maximum atomic E-state index is 8.46. The molecule has 0 spiro atoms. The van der Waals surface area contributed by atoms with Crippen molar-refractivity contribution in [2.45, 2.75) is 0 Å². The van der Waals surface area contributed by atoms with E-state index in [1.807, 2.05) is 0 Å². The van der Waals surface area contributed by atoms with Crippen molar-refractivity contribution < 1.29 is 14.7 Å². The smallest absolute Gasteiger partial charge is 0.175 e. The second-order valence-electron chi connectivity index (χ2n) is 2.46. The number of ether oxygens (including phenoxy) is 2. The van der Waals surface area contributed by atoms with Crippen LogP contribution >= 0.6 is 11.6 Å². The lowest BCUT2D eigenvalue weighted by Crippen LogP contribution is -1.95. The van der Waals surface area contributed by atoms with Crippen LogP contribution in [0.25, 0.3) is 0 Å². The molecule has 0 fully saturated rings. The van der Waals surface area contributed by atoms with Crippen LogP contribution in [0.5, 0.6) is 11.5 Å². The first-order valence-electron chi connectivity index (χ1n) is 3.83. The molecule has 1 aromatic rings. The Bertz CT molecular complexity index is 352. The average Bonchev–Trinajstić information content (AvgIpc) is 2.26. The van der Waals surface area contributed by atoms with Gasteiger partial charge in [0.15, 0.2) is 16.7 Å². The minimum Gasteiger partial charge on any atom is -0.493 e. The lowest BCUT2D eigenvalue weighted by molar-refractivity contribution is 0.320. The molecule has 0 heterocycles. The largest absolute Gasteiger partial charge is 0.493 e. The van der Waals surface area contributed by atoms with E-state index in [4.69, 9.17) is 26.3 Å². The molecule has 0 unspecified atom stereocenters. The van der Waals surface area contributed by atoms with Crippen LogP contribution in [0.3, 0.4) is 0 Å². The molecule has 0 saturated carbocycles. The molecular formula is C9H10ClNO3. The van der Waals surface area contributed by atoms with E-state index in [1.54, 1.807) is 25.3 Å². The van der Waals surface area contributed by atoms with Gasteiger partial charge >= 0.3 is 0 Å². The zero-order valence-corrected chi connectivity index (χ0v) is 8.58. The predicted octanol–water partition coefficient (Wildman–Crippen LogP) is 2.08. The van der Waals surface area contributed by atoms with E-state index >= 15 is 0 Å². The minimum atomic E-state index is 0.00551. The van der Waals surface area contributed by atoms with Crippen LogP contribution in [0.2, 0.25) is 0 Å². The molecule has 0 radical (unpaired) electrons. The summed E-state index contributed by atoms with van der Waals surface area (Å²) in [5, 5.41) is 11.3. The molecule has 0 saturated heterocycles. The summed E-state index contributed by atoms with van der Waals surface area (Å²) >= 11 is 5.62. The van der Waals surface area contributed by atoms with Gasteiger partial charge < -0.3 is 14.7 Å². The van der Waals surface area contributed by atoms with Crippen molar-refractivity contribution in [3.8, 4) is 11.5 Å². The average molecular weight is 216 g/mol. The molecule has 0 aliphatic carbocycles. The van der Waals surface area contributed by atoms with E-state index in [0.29, 0.717) is 17.1 Å². The minimum absolute atomic E-state index is 0.00551. The third-order valence-corrected chi connectivity index (χ3v) is 2.00. The number of nitrogens with zero attached hydrogens (tertiary/aromatic N) is 1. The van der Waals surface area contributed by atoms with E-state index in [9.17, 15) is 0 Å². The molecule has 0 aliphatic rings. The normalized spacial score (nSPS) is 11.2. The van der Waals surface area contributed by atoms with Gasteiger partial charge in [0.05, 0.1) is 14.2 Å². The molecule has 1 rings (SSSR count). The Morgan fingerprint density at radius 2 is 1.93 bits per heavy atom. The van der Waals surface area contributed by atoms with E-state index in [1.165, 1.54) is 7.11 Å². The van der Waals surface area contributed by atoms with Crippen LogP contribution < -0.4 is 9.47 Å². The number of hydrogen-bond donors (Lipinski definition) is 1. The van der Waals surface area contributed by atoms with E-state index in [2.05, 4.69) is 5.16 Å². The van der Waals surface area contributed by atoms with E-state index in [0.717, 1.165) is 0 Å². The first-order chi connectivity index (χ1) is 6.72. The predicted molar refractivity (Wildman–Crippen MR) is 53.7 cm³/mol. The van der Waals surface area contributed by atoms with Gasteiger partial charge in [-0.1, -0.05) is 16.8 Å². The monoisotopic (exact) mass is 215 g/mol. The number of methoxy groups -OCH3 is 2. The van der Waals surface area contributed by atoms with Gasteiger partial charge in [0.2, 0.25) is 0 Å². The van der Waals surface area contributed by atoms with Crippen molar-refractivity contribution in [1.82, 2.24) is 0 Å². The van der Waals surface area contributed by atoms with Crippen LogP contribution in [-0.4, -0.2) is 24.6 Å². The first-order valence-corrected chi connectivity index (χ1v) is 4.20. The molecule has 0 bridgehead atoms.